The van der Waals surface area contributed by atoms with E-state index in [-0.39, 0.29) is 5.91 Å². The van der Waals surface area contributed by atoms with Crippen LogP contribution in [0.5, 0.6) is 0 Å². The average molecular weight is 254 g/mol. The van der Waals surface area contributed by atoms with Gasteiger partial charge in [-0.2, -0.15) is 11.3 Å². The molecule has 1 atom stereocenters. The lowest BCUT2D eigenvalue weighted by Gasteiger charge is -2.14. The first kappa shape index (κ1) is 13.7. The lowest BCUT2D eigenvalue weighted by atomic mass is 10.1. The molecule has 17 heavy (non-hydrogen) atoms. The van der Waals surface area contributed by atoms with Crippen LogP contribution in [0.3, 0.4) is 0 Å². The van der Waals surface area contributed by atoms with E-state index in [1.54, 1.807) is 11.3 Å². The minimum atomic E-state index is -0.532. The van der Waals surface area contributed by atoms with E-state index in [1.807, 2.05) is 23.8 Å². The molecule has 2 amide bonds. The summed E-state index contributed by atoms with van der Waals surface area (Å²) in [6.45, 7) is 1.95. The van der Waals surface area contributed by atoms with E-state index >= 15 is 0 Å². The number of nitrogens with two attached hydrogens (primary N) is 1. The summed E-state index contributed by atoms with van der Waals surface area (Å²) < 4.78 is 0. The predicted octanol–water partition coefficient (Wildman–Crippen LogP) is 1.45. The molecule has 3 N–H and O–H groups in total. The quantitative estimate of drug-likeness (QED) is 0.773. The lowest BCUT2D eigenvalue weighted by molar-refractivity contribution is -0.127. The molecule has 0 aromatic carbocycles. The number of thiophene rings is 1. The van der Waals surface area contributed by atoms with Crippen molar-refractivity contribution in [2.45, 2.75) is 38.6 Å². The maximum Gasteiger partial charge on any atom is 0.239 e. The van der Waals surface area contributed by atoms with E-state index in [0.717, 1.165) is 12.0 Å². The second kappa shape index (κ2) is 7.06. The summed E-state index contributed by atoms with van der Waals surface area (Å²) in [5.41, 5.74) is 6.36. The Morgan fingerprint density at radius 1 is 1.53 bits per heavy atom. The SMILES string of the molecule is CCCC(NC(=O)CCc1ccsc1)C(N)=O. The molecule has 0 bridgehead atoms. The molecule has 0 aliphatic heterocycles. The number of carbonyl (C=O) groups excluding carboxylic acids is 2. The summed E-state index contributed by atoms with van der Waals surface area (Å²) in [5.74, 6) is -0.579. The fourth-order valence-electron chi connectivity index (χ4n) is 1.53. The van der Waals surface area contributed by atoms with Crippen molar-refractivity contribution < 1.29 is 9.59 Å². The predicted molar refractivity (Wildman–Crippen MR) is 68.7 cm³/mol. The molecule has 1 aromatic heterocycles. The number of primary amides is 1. The monoisotopic (exact) mass is 254 g/mol. The fourth-order valence-corrected chi connectivity index (χ4v) is 2.24. The highest BCUT2D eigenvalue weighted by Gasteiger charge is 2.16. The van der Waals surface area contributed by atoms with Gasteiger partial charge in [0.25, 0.3) is 0 Å². The van der Waals surface area contributed by atoms with Crippen LogP contribution in [-0.4, -0.2) is 17.9 Å². The Morgan fingerprint density at radius 3 is 2.82 bits per heavy atom. The van der Waals surface area contributed by atoms with Crippen LogP contribution < -0.4 is 11.1 Å². The van der Waals surface area contributed by atoms with Gasteiger partial charge in [-0.25, -0.2) is 0 Å². The molecule has 1 heterocycles. The highest BCUT2D eigenvalue weighted by atomic mass is 32.1. The molecule has 5 heteroatoms. The minimum absolute atomic E-state index is 0.117. The maximum absolute atomic E-state index is 11.6. The Bertz CT molecular complexity index is 363. The van der Waals surface area contributed by atoms with Gasteiger partial charge < -0.3 is 11.1 Å². The van der Waals surface area contributed by atoms with Gasteiger partial charge in [0, 0.05) is 6.42 Å². The van der Waals surface area contributed by atoms with Gasteiger partial charge in [-0.05, 0) is 35.2 Å². The van der Waals surface area contributed by atoms with Crippen LogP contribution in [0.25, 0.3) is 0 Å². The van der Waals surface area contributed by atoms with E-state index in [2.05, 4.69) is 5.32 Å². The Hall–Kier alpha value is -1.36. The number of hydrogen-bond donors (Lipinski definition) is 2. The van der Waals surface area contributed by atoms with E-state index in [0.29, 0.717) is 19.3 Å². The minimum Gasteiger partial charge on any atom is -0.368 e. The summed E-state index contributed by atoms with van der Waals surface area (Å²) in [6.07, 6.45) is 2.51. The first-order valence-electron chi connectivity index (χ1n) is 5.73. The van der Waals surface area contributed by atoms with Crippen molar-refractivity contribution in [1.82, 2.24) is 5.32 Å². The third-order valence-electron chi connectivity index (χ3n) is 2.48. The summed E-state index contributed by atoms with van der Waals surface area (Å²) in [5, 5.41) is 6.67. The molecule has 0 aliphatic rings. The summed E-state index contributed by atoms with van der Waals surface area (Å²) >= 11 is 1.61. The molecule has 1 unspecified atom stereocenters. The first-order chi connectivity index (χ1) is 8.13. The molecule has 0 saturated carbocycles. The van der Waals surface area contributed by atoms with Crippen LogP contribution in [0.1, 0.15) is 31.7 Å². The largest absolute Gasteiger partial charge is 0.368 e. The van der Waals surface area contributed by atoms with Gasteiger partial charge in [-0.15, -0.1) is 0 Å². The molecule has 0 saturated heterocycles. The second-order valence-corrected chi connectivity index (χ2v) is 4.72. The van der Waals surface area contributed by atoms with Crippen LogP contribution in [0.2, 0.25) is 0 Å². The van der Waals surface area contributed by atoms with Crippen molar-refractivity contribution in [2.75, 3.05) is 0 Å². The van der Waals surface area contributed by atoms with Gasteiger partial charge in [0.2, 0.25) is 11.8 Å². The van der Waals surface area contributed by atoms with Gasteiger partial charge in [-0.3, -0.25) is 9.59 Å². The van der Waals surface area contributed by atoms with E-state index in [1.165, 1.54) is 0 Å². The molecule has 0 spiro atoms. The zero-order chi connectivity index (χ0) is 12.7. The van der Waals surface area contributed by atoms with Crippen molar-refractivity contribution in [3.05, 3.63) is 22.4 Å². The van der Waals surface area contributed by atoms with E-state index < -0.39 is 11.9 Å². The number of rotatable bonds is 7. The smallest absolute Gasteiger partial charge is 0.239 e. The fraction of sp³-hybridized carbons (Fsp3) is 0.500. The van der Waals surface area contributed by atoms with Crippen molar-refractivity contribution in [3.63, 3.8) is 0 Å². The number of aryl methyl sites for hydroxylation is 1. The van der Waals surface area contributed by atoms with Gasteiger partial charge in [-0.1, -0.05) is 13.3 Å². The van der Waals surface area contributed by atoms with Crippen LogP contribution in [0.15, 0.2) is 16.8 Å². The van der Waals surface area contributed by atoms with Crippen molar-refractivity contribution in [1.29, 1.82) is 0 Å². The Balaban J connectivity index is 2.34. The standard InChI is InChI=1S/C12H18N2O2S/c1-2-3-10(12(13)16)14-11(15)5-4-9-6-7-17-8-9/h6-8,10H,2-5H2,1H3,(H2,13,16)(H,14,15). The molecule has 0 fully saturated rings. The molecule has 94 valence electrons. The zero-order valence-electron chi connectivity index (χ0n) is 9.94. The zero-order valence-corrected chi connectivity index (χ0v) is 10.8. The van der Waals surface area contributed by atoms with Gasteiger partial charge in [0.05, 0.1) is 0 Å². The van der Waals surface area contributed by atoms with Gasteiger partial charge in [0.15, 0.2) is 0 Å². The van der Waals surface area contributed by atoms with Crippen LogP contribution in [-0.2, 0) is 16.0 Å². The summed E-state index contributed by atoms with van der Waals surface area (Å²) in [6, 6.07) is 1.46. The van der Waals surface area contributed by atoms with Crippen molar-refractivity contribution in [2.24, 2.45) is 5.73 Å². The number of carbonyl (C=O) groups is 2. The maximum atomic E-state index is 11.6. The van der Waals surface area contributed by atoms with Crippen LogP contribution >= 0.6 is 11.3 Å². The van der Waals surface area contributed by atoms with E-state index in [9.17, 15) is 9.59 Å². The number of hydrogen-bond acceptors (Lipinski definition) is 3. The third-order valence-corrected chi connectivity index (χ3v) is 3.21. The summed E-state index contributed by atoms with van der Waals surface area (Å²) in [4.78, 5) is 22.7. The second-order valence-electron chi connectivity index (χ2n) is 3.94. The highest BCUT2D eigenvalue weighted by molar-refractivity contribution is 7.07. The Morgan fingerprint density at radius 2 is 2.29 bits per heavy atom. The first-order valence-corrected chi connectivity index (χ1v) is 6.67. The molecule has 4 nitrogen and oxygen atoms in total. The molecular weight excluding hydrogens is 236 g/mol. The third kappa shape index (κ3) is 4.99. The average Bonchev–Trinajstić information content (AvgIpc) is 2.78. The summed E-state index contributed by atoms with van der Waals surface area (Å²) in [7, 11) is 0. The van der Waals surface area contributed by atoms with Gasteiger partial charge in [0.1, 0.15) is 6.04 Å². The Labute approximate surface area is 105 Å². The topological polar surface area (TPSA) is 72.2 Å². The molecule has 0 radical (unpaired) electrons. The van der Waals surface area contributed by atoms with Crippen molar-refractivity contribution >= 4 is 23.2 Å². The molecular formula is C12H18N2O2S. The number of nitrogens with one attached hydrogen (secondary N) is 1. The molecule has 1 aromatic rings. The lowest BCUT2D eigenvalue weighted by Crippen LogP contribution is -2.44. The molecule has 0 aliphatic carbocycles. The normalized spacial score (nSPS) is 12.1. The highest BCUT2D eigenvalue weighted by Crippen LogP contribution is 2.08. The van der Waals surface area contributed by atoms with Crippen LogP contribution in [0.4, 0.5) is 0 Å². The molecule has 1 rings (SSSR count). The van der Waals surface area contributed by atoms with Gasteiger partial charge >= 0.3 is 0 Å². The van der Waals surface area contributed by atoms with Crippen molar-refractivity contribution in [3.8, 4) is 0 Å². The Kier molecular flexibility index (Phi) is 5.69. The van der Waals surface area contributed by atoms with Crippen LogP contribution in [0, 0.1) is 0 Å². The van der Waals surface area contributed by atoms with E-state index in [4.69, 9.17) is 5.73 Å². The number of amides is 2.